The van der Waals surface area contributed by atoms with Gasteiger partial charge in [0.15, 0.2) is 0 Å². The van der Waals surface area contributed by atoms with Gasteiger partial charge < -0.3 is 0 Å². The molecule has 0 amide bonds. The van der Waals surface area contributed by atoms with Crippen molar-refractivity contribution in [3.05, 3.63) is 28.5 Å². The van der Waals surface area contributed by atoms with Gasteiger partial charge in [0.1, 0.15) is 10.7 Å². The molecule has 1 heterocycles. The van der Waals surface area contributed by atoms with Gasteiger partial charge in [-0.25, -0.2) is 12.8 Å². The number of hydrogen-bond acceptors (Lipinski definition) is 2. The lowest BCUT2D eigenvalue weighted by atomic mass is 10.0. The third-order valence-corrected chi connectivity index (χ3v) is 6.64. The highest BCUT2D eigenvalue weighted by Crippen LogP contribution is 2.27. The van der Waals surface area contributed by atoms with Crippen LogP contribution >= 0.6 is 31.9 Å². The molecule has 7 heteroatoms. The zero-order chi connectivity index (χ0) is 14.0. The summed E-state index contributed by atoms with van der Waals surface area (Å²) in [5.74, 6) is -0.210. The van der Waals surface area contributed by atoms with Crippen LogP contribution in [0.4, 0.5) is 4.39 Å². The quantitative estimate of drug-likeness (QED) is 0.711. The minimum Gasteiger partial charge on any atom is -0.207 e. The van der Waals surface area contributed by atoms with Crippen molar-refractivity contribution in [1.82, 2.24) is 4.31 Å². The van der Waals surface area contributed by atoms with Crippen LogP contribution in [0, 0.1) is 11.7 Å². The molecule has 1 saturated heterocycles. The van der Waals surface area contributed by atoms with Gasteiger partial charge in [0.25, 0.3) is 0 Å². The molecular formula is C12H14Br2FNO2S. The van der Waals surface area contributed by atoms with Gasteiger partial charge in [-0.1, -0.05) is 31.9 Å². The fourth-order valence-corrected chi connectivity index (χ4v) is 4.62. The van der Waals surface area contributed by atoms with E-state index in [9.17, 15) is 12.8 Å². The SMILES string of the molecule is O=S(=O)(c1ccc(Br)cc1F)N1CCC(CBr)CC1. The molecule has 3 nitrogen and oxygen atoms in total. The lowest BCUT2D eigenvalue weighted by molar-refractivity contribution is 0.291. The van der Waals surface area contributed by atoms with Gasteiger partial charge in [0.2, 0.25) is 10.0 Å². The molecule has 0 N–H and O–H groups in total. The first-order valence-electron chi connectivity index (χ1n) is 5.96. The minimum absolute atomic E-state index is 0.243. The van der Waals surface area contributed by atoms with E-state index in [1.54, 1.807) is 6.07 Å². The Morgan fingerprint density at radius 2 is 1.95 bits per heavy atom. The Kier molecular flexibility index (Phi) is 5.03. The second-order valence-electron chi connectivity index (χ2n) is 4.58. The molecule has 2 rings (SSSR count). The molecule has 0 aliphatic carbocycles. The second-order valence-corrected chi connectivity index (χ2v) is 8.05. The van der Waals surface area contributed by atoms with Gasteiger partial charge in [0, 0.05) is 22.9 Å². The molecular weight excluding hydrogens is 401 g/mol. The fourth-order valence-electron chi connectivity index (χ4n) is 2.13. The van der Waals surface area contributed by atoms with Crippen molar-refractivity contribution in [3.8, 4) is 0 Å². The number of piperidine rings is 1. The van der Waals surface area contributed by atoms with E-state index in [0.29, 0.717) is 23.5 Å². The summed E-state index contributed by atoms with van der Waals surface area (Å²) in [5.41, 5.74) is 0. The van der Waals surface area contributed by atoms with Crippen molar-refractivity contribution < 1.29 is 12.8 Å². The van der Waals surface area contributed by atoms with Gasteiger partial charge in [-0.05, 0) is 37.0 Å². The van der Waals surface area contributed by atoms with Crippen molar-refractivity contribution in [1.29, 1.82) is 0 Å². The van der Waals surface area contributed by atoms with Gasteiger partial charge >= 0.3 is 0 Å². The lowest BCUT2D eigenvalue weighted by Gasteiger charge is -2.30. The Balaban J connectivity index is 2.23. The third kappa shape index (κ3) is 3.37. The number of benzene rings is 1. The van der Waals surface area contributed by atoms with Crippen LogP contribution in [0.15, 0.2) is 27.6 Å². The highest BCUT2D eigenvalue weighted by Gasteiger charge is 2.30. The molecule has 1 aliphatic heterocycles. The van der Waals surface area contributed by atoms with E-state index >= 15 is 0 Å². The van der Waals surface area contributed by atoms with E-state index in [1.807, 2.05) is 0 Å². The maximum atomic E-state index is 13.8. The maximum Gasteiger partial charge on any atom is 0.245 e. The molecule has 1 aromatic rings. The number of sulfonamides is 1. The first kappa shape index (κ1) is 15.4. The highest BCUT2D eigenvalue weighted by molar-refractivity contribution is 9.10. The van der Waals surface area contributed by atoms with Crippen LogP contribution < -0.4 is 0 Å². The van der Waals surface area contributed by atoms with E-state index in [0.717, 1.165) is 18.2 Å². The smallest absolute Gasteiger partial charge is 0.207 e. The first-order valence-corrected chi connectivity index (χ1v) is 9.32. The topological polar surface area (TPSA) is 37.4 Å². The number of alkyl halides is 1. The monoisotopic (exact) mass is 413 g/mol. The second kappa shape index (κ2) is 6.20. The number of halogens is 3. The van der Waals surface area contributed by atoms with Crippen molar-refractivity contribution in [2.45, 2.75) is 17.7 Å². The number of nitrogens with zero attached hydrogens (tertiary/aromatic N) is 1. The molecule has 19 heavy (non-hydrogen) atoms. The Bertz CT molecular complexity index is 557. The average Bonchev–Trinajstić information content (AvgIpc) is 2.38. The van der Waals surface area contributed by atoms with Crippen molar-refractivity contribution in [2.24, 2.45) is 5.92 Å². The standard InChI is InChI=1S/C12H14Br2FNO2S/c13-8-9-3-5-16(6-4-9)19(17,18)12-2-1-10(14)7-11(12)15/h1-2,7,9H,3-6,8H2. The molecule has 0 unspecified atom stereocenters. The lowest BCUT2D eigenvalue weighted by Crippen LogP contribution is -2.39. The van der Waals surface area contributed by atoms with Gasteiger partial charge in [-0.15, -0.1) is 0 Å². The van der Waals surface area contributed by atoms with E-state index in [4.69, 9.17) is 0 Å². The Morgan fingerprint density at radius 3 is 2.47 bits per heavy atom. The summed E-state index contributed by atoms with van der Waals surface area (Å²) in [7, 11) is -3.72. The van der Waals surface area contributed by atoms with E-state index in [1.165, 1.54) is 16.4 Å². The Morgan fingerprint density at radius 1 is 1.32 bits per heavy atom. The summed E-state index contributed by atoms with van der Waals surface area (Å²) in [5, 5.41) is 0.882. The van der Waals surface area contributed by atoms with Gasteiger partial charge in [-0.3, -0.25) is 0 Å². The fraction of sp³-hybridized carbons (Fsp3) is 0.500. The van der Waals surface area contributed by atoms with Crippen LogP contribution in [0.3, 0.4) is 0 Å². The molecule has 0 atom stereocenters. The van der Waals surface area contributed by atoms with Crippen molar-refractivity contribution in [3.63, 3.8) is 0 Å². The largest absolute Gasteiger partial charge is 0.245 e. The first-order chi connectivity index (χ1) is 8.95. The van der Waals surface area contributed by atoms with Gasteiger partial charge in [0.05, 0.1) is 0 Å². The van der Waals surface area contributed by atoms with Crippen LogP contribution in [-0.2, 0) is 10.0 Å². The average molecular weight is 415 g/mol. The summed E-state index contributed by atoms with van der Waals surface area (Å²) < 4.78 is 40.5. The third-order valence-electron chi connectivity index (χ3n) is 3.30. The molecule has 1 fully saturated rings. The summed E-state index contributed by atoms with van der Waals surface area (Å²) in [6.07, 6.45) is 1.62. The van der Waals surface area contributed by atoms with Crippen molar-refractivity contribution >= 4 is 41.9 Å². The predicted molar refractivity (Wildman–Crippen MR) is 79.4 cm³/mol. The summed E-state index contributed by atoms with van der Waals surface area (Å²) >= 11 is 6.54. The van der Waals surface area contributed by atoms with Crippen LogP contribution in [-0.4, -0.2) is 31.1 Å². The van der Waals surface area contributed by atoms with Crippen LogP contribution in [0.2, 0.25) is 0 Å². The summed E-state index contributed by atoms with van der Waals surface area (Å²) in [4.78, 5) is -0.243. The molecule has 0 saturated carbocycles. The van der Waals surface area contributed by atoms with Gasteiger partial charge in [-0.2, -0.15) is 4.31 Å². The maximum absolute atomic E-state index is 13.8. The Labute approximate surface area is 129 Å². The van der Waals surface area contributed by atoms with Crippen LogP contribution in [0.5, 0.6) is 0 Å². The molecule has 0 aromatic heterocycles. The zero-order valence-corrected chi connectivity index (χ0v) is 14.1. The molecule has 0 radical (unpaired) electrons. The van der Waals surface area contributed by atoms with Crippen LogP contribution in [0.1, 0.15) is 12.8 Å². The number of hydrogen-bond donors (Lipinski definition) is 0. The number of rotatable bonds is 3. The van der Waals surface area contributed by atoms with Crippen LogP contribution in [0.25, 0.3) is 0 Å². The van der Waals surface area contributed by atoms with E-state index in [-0.39, 0.29) is 4.90 Å². The molecule has 1 aromatic carbocycles. The molecule has 1 aliphatic rings. The van der Waals surface area contributed by atoms with E-state index in [2.05, 4.69) is 31.9 Å². The highest BCUT2D eigenvalue weighted by atomic mass is 79.9. The predicted octanol–water partition coefficient (Wildman–Crippen LogP) is 3.38. The molecule has 0 bridgehead atoms. The Hall–Kier alpha value is 0.0200. The summed E-state index contributed by atoms with van der Waals surface area (Å²) in [6.45, 7) is 0.905. The molecule has 0 spiro atoms. The van der Waals surface area contributed by atoms with E-state index < -0.39 is 15.8 Å². The zero-order valence-electron chi connectivity index (χ0n) is 10.2. The van der Waals surface area contributed by atoms with Crippen molar-refractivity contribution in [2.75, 3.05) is 18.4 Å². The molecule has 106 valence electrons. The minimum atomic E-state index is -3.72. The normalized spacial score (nSPS) is 18.7. The summed E-state index contributed by atoms with van der Waals surface area (Å²) in [6, 6.07) is 4.03.